The molecule has 0 atom stereocenters. The molecule has 1 N–H and O–H groups in total. The third kappa shape index (κ3) is 9.52. The van der Waals surface area contributed by atoms with Crippen LogP contribution in [0.5, 0.6) is 0 Å². The predicted octanol–water partition coefficient (Wildman–Crippen LogP) is 3.39. The monoisotopic (exact) mass is 202 g/mol. The van der Waals surface area contributed by atoms with Gasteiger partial charge in [-0.1, -0.05) is 46.0 Å². The Hall–Kier alpha value is -0.570. The minimum atomic E-state index is -0.521. The summed E-state index contributed by atoms with van der Waals surface area (Å²) in [4.78, 5) is 14.1. The van der Waals surface area contributed by atoms with Gasteiger partial charge in [-0.15, -0.1) is 0 Å². The standard InChI is InChI=1S/C11H22O3/c1-10(2)8-6-4-3-5-7-9-11(12)14-13/h10,13H,3-9H2,1-2H3. The third-order valence-electron chi connectivity index (χ3n) is 2.26. The van der Waals surface area contributed by atoms with Gasteiger partial charge in [-0.05, 0) is 12.3 Å². The molecule has 0 rings (SSSR count). The van der Waals surface area contributed by atoms with Gasteiger partial charge in [-0.3, -0.25) is 0 Å². The molecule has 0 spiro atoms. The molecular formula is C11H22O3. The Balaban J connectivity index is 3.03. The van der Waals surface area contributed by atoms with Crippen molar-refractivity contribution >= 4 is 5.97 Å². The lowest BCUT2D eigenvalue weighted by atomic mass is 10.0. The van der Waals surface area contributed by atoms with Gasteiger partial charge in [-0.2, -0.15) is 5.26 Å². The molecule has 0 aromatic carbocycles. The number of carbonyl (C=O) groups is 1. The number of unbranched alkanes of at least 4 members (excludes halogenated alkanes) is 4. The fourth-order valence-electron chi connectivity index (χ4n) is 1.40. The molecule has 0 fully saturated rings. The van der Waals surface area contributed by atoms with Crippen LogP contribution in [-0.2, 0) is 9.68 Å². The van der Waals surface area contributed by atoms with Gasteiger partial charge in [0.1, 0.15) is 0 Å². The van der Waals surface area contributed by atoms with Crippen molar-refractivity contribution in [1.29, 1.82) is 0 Å². The van der Waals surface area contributed by atoms with E-state index >= 15 is 0 Å². The van der Waals surface area contributed by atoms with E-state index in [1.807, 2.05) is 0 Å². The van der Waals surface area contributed by atoms with Gasteiger partial charge >= 0.3 is 5.97 Å². The van der Waals surface area contributed by atoms with Crippen LogP contribution in [0.25, 0.3) is 0 Å². The van der Waals surface area contributed by atoms with Gasteiger partial charge in [0.15, 0.2) is 0 Å². The molecule has 0 saturated carbocycles. The Labute approximate surface area is 86.4 Å². The van der Waals surface area contributed by atoms with Gasteiger partial charge in [-0.25, -0.2) is 4.79 Å². The number of hydrogen-bond donors (Lipinski definition) is 1. The first kappa shape index (κ1) is 13.4. The first-order chi connectivity index (χ1) is 6.66. The van der Waals surface area contributed by atoms with Crippen LogP contribution in [0.4, 0.5) is 0 Å². The van der Waals surface area contributed by atoms with E-state index in [0.29, 0.717) is 6.42 Å². The molecular weight excluding hydrogens is 180 g/mol. The molecule has 0 heterocycles. The first-order valence-corrected chi connectivity index (χ1v) is 5.51. The topological polar surface area (TPSA) is 46.5 Å². The summed E-state index contributed by atoms with van der Waals surface area (Å²) in [7, 11) is 0. The minimum absolute atomic E-state index is 0.334. The summed E-state index contributed by atoms with van der Waals surface area (Å²) in [5, 5.41) is 7.99. The highest BCUT2D eigenvalue weighted by molar-refractivity contribution is 5.68. The van der Waals surface area contributed by atoms with E-state index < -0.39 is 5.97 Å². The van der Waals surface area contributed by atoms with Gasteiger partial charge in [0.2, 0.25) is 0 Å². The van der Waals surface area contributed by atoms with Gasteiger partial charge in [0, 0.05) is 6.42 Å². The Morgan fingerprint density at radius 2 is 1.71 bits per heavy atom. The van der Waals surface area contributed by atoms with Crippen LogP contribution in [0.2, 0.25) is 0 Å². The van der Waals surface area contributed by atoms with Crippen LogP contribution in [0.3, 0.4) is 0 Å². The summed E-state index contributed by atoms with van der Waals surface area (Å²) < 4.78 is 0. The van der Waals surface area contributed by atoms with E-state index in [4.69, 9.17) is 5.26 Å². The third-order valence-corrected chi connectivity index (χ3v) is 2.26. The van der Waals surface area contributed by atoms with Gasteiger partial charge in [0.05, 0.1) is 0 Å². The van der Waals surface area contributed by atoms with Gasteiger partial charge in [0.25, 0.3) is 0 Å². The van der Waals surface area contributed by atoms with E-state index in [1.54, 1.807) is 0 Å². The summed E-state index contributed by atoms with van der Waals surface area (Å²) in [6.07, 6.45) is 7.19. The molecule has 14 heavy (non-hydrogen) atoms. The highest BCUT2D eigenvalue weighted by Crippen LogP contribution is 2.11. The molecule has 0 bridgehead atoms. The number of hydrogen-bond acceptors (Lipinski definition) is 3. The number of rotatable bonds is 8. The van der Waals surface area contributed by atoms with E-state index in [1.165, 1.54) is 25.7 Å². The zero-order valence-electron chi connectivity index (χ0n) is 9.29. The van der Waals surface area contributed by atoms with Crippen molar-refractivity contribution < 1.29 is 14.9 Å². The van der Waals surface area contributed by atoms with E-state index in [-0.39, 0.29) is 0 Å². The van der Waals surface area contributed by atoms with Gasteiger partial charge < -0.3 is 4.89 Å². The quantitative estimate of drug-likeness (QED) is 0.373. The smallest absolute Gasteiger partial charge is 0.301 e. The van der Waals surface area contributed by atoms with Crippen molar-refractivity contribution in [3.8, 4) is 0 Å². The molecule has 0 aliphatic heterocycles. The molecule has 0 aromatic heterocycles. The van der Waals surface area contributed by atoms with Crippen LogP contribution in [0.15, 0.2) is 0 Å². The van der Waals surface area contributed by atoms with Crippen molar-refractivity contribution in [2.75, 3.05) is 0 Å². The van der Waals surface area contributed by atoms with Crippen LogP contribution >= 0.6 is 0 Å². The Bertz CT molecular complexity index is 143. The second-order valence-corrected chi connectivity index (χ2v) is 4.16. The lowest BCUT2D eigenvalue weighted by molar-refractivity contribution is -0.234. The average Bonchev–Trinajstić information content (AvgIpc) is 2.15. The van der Waals surface area contributed by atoms with Crippen LogP contribution < -0.4 is 0 Å². The summed E-state index contributed by atoms with van der Waals surface area (Å²) in [5.74, 6) is 0.270. The molecule has 3 nitrogen and oxygen atoms in total. The zero-order chi connectivity index (χ0) is 10.8. The number of carbonyl (C=O) groups excluding carboxylic acids is 1. The van der Waals surface area contributed by atoms with Crippen molar-refractivity contribution in [2.45, 2.75) is 58.8 Å². The van der Waals surface area contributed by atoms with Crippen LogP contribution in [0.1, 0.15) is 58.8 Å². The van der Waals surface area contributed by atoms with Crippen molar-refractivity contribution in [3.63, 3.8) is 0 Å². The maximum Gasteiger partial charge on any atom is 0.342 e. The molecule has 3 heteroatoms. The van der Waals surface area contributed by atoms with E-state index in [0.717, 1.165) is 18.8 Å². The summed E-state index contributed by atoms with van der Waals surface area (Å²) in [6.45, 7) is 4.47. The average molecular weight is 202 g/mol. The maximum atomic E-state index is 10.5. The minimum Gasteiger partial charge on any atom is -0.301 e. The highest BCUT2D eigenvalue weighted by atomic mass is 17.1. The first-order valence-electron chi connectivity index (χ1n) is 5.51. The second-order valence-electron chi connectivity index (χ2n) is 4.16. The molecule has 0 aliphatic rings. The zero-order valence-corrected chi connectivity index (χ0v) is 9.29. The van der Waals surface area contributed by atoms with E-state index in [2.05, 4.69) is 18.7 Å². The summed E-state index contributed by atoms with van der Waals surface area (Å²) in [6, 6.07) is 0. The molecule has 0 unspecified atom stereocenters. The lowest BCUT2D eigenvalue weighted by Crippen LogP contribution is -1.99. The lowest BCUT2D eigenvalue weighted by Gasteiger charge is -2.03. The largest absolute Gasteiger partial charge is 0.342 e. The van der Waals surface area contributed by atoms with E-state index in [9.17, 15) is 4.79 Å². The Morgan fingerprint density at radius 1 is 1.14 bits per heavy atom. The highest BCUT2D eigenvalue weighted by Gasteiger charge is 2.00. The van der Waals surface area contributed by atoms with Crippen LogP contribution in [0, 0.1) is 5.92 Å². The fourth-order valence-corrected chi connectivity index (χ4v) is 1.40. The normalized spacial score (nSPS) is 10.6. The fraction of sp³-hybridized carbons (Fsp3) is 0.909. The summed E-state index contributed by atoms with van der Waals surface area (Å²) in [5.41, 5.74) is 0. The molecule has 84 valence electrons. The molecule has 0 amide bonds. The molecule has 0 aromatic rings. The van der Waals surface area contributed by atoms with Crippen LogP contribution in [-0.4, -0.2) is 11.2 Å². The second kappa shape index (κ2) is 9.00. The van der Waals surface area contributed by atoms with Crippen molar-refractivity contribution in [2.24, 2.45) is 5.92 Å². The molecule has 0 radical (unpaired) electrons. The summed E-state index contributed by atoms with van der Waals surface area (Å²) >= 11 is 0. The maximum absolute atomic E-state index is 10.5. The molecule has 0 saturated heterocycles. The molecule has 0 aliphatic carbocycles. The Morgan fingerprint density at radius 3 is 2.29 bits per heavy atom. The SMILES string of the molecule is CC(C)CCCCCCCC(=O)OO. The predicted molar refractivity (Wildman–Crippen MR) is 55.9 cm³/mol. The van der Waals surface area contributed by atoms with Crippen molar-refractivity contribution in [3.05, 3.63) is 0 Å². The van der Waals surface area contributed by atoms with Crippen molar-refractivity contribution in [1.82, 2.24) is 0 Å². The Kier molecular flexibility index (Phi) is 8.64.